The number of carbonyl (C=O) groups excluding carboxylic acids is 1. The first-order chi connectivity index (χ1) is 6.18. The summed E-state index contributed by atoms with van der Waals surface area (Å²) in [7, 11) is 0. The Kier molecular flexibility index (Phi) is 3.76. The SMILES string of the molecule is Cl.O=C(c1cnc(Cl)cc1Cl)C1CC1. The second kappa shape index (κ2) is 4.47. The molecule has 5 heteroatoms. The number of pyridine rings is 1. The maximum Gasteiger partial charge on any atom is 0.168 e. The Labute approximate surface area is 98.0 Å². The third-order valence-corrected chi connectivity index (χ3v) is 2.55. The summed E-state index contributed by atoms with van der Waals surface area (Å²) in [6.07, 6.45) is 3.39. The fourth-order valence-electron chi connectivity index (χ4n) is 1.15. The van der Waals surface area contributed by atoms with Gasteiger partial charge in [-0.05, 0) is 18.9 Å². The van der Waals surface area contributed by atoms with Gasteiger partial charge in [0.05, 0.1) is 10.6 Å². The zero-order valence-corrected chi connectivity index (χ0v) is 9.49. The maximum atomic E-state index is 11.6. The Bertz CT molecular complexity index is 363. The molecule has 1 fully saturated rings. The molecule has 0 amide bonds. The molecule has 0 bridgehead atoms. The van der Waals surface area contributed by atoms with Crippen LogP contribution in [0.3, 0.4) is 0 Å². The van der Waals surface area contributed by atoms with E-state index in [1.54, 1.807) is 0 Å². The summed E-state index contributed by atoms with van der Waals surface area (Å²) in [6.45, 7) is 0. The van der Waals surface area contributed by atoms with E-state index in [2.05, 4.69) is 4.98 Å². The Hall–Kier alpha value is -0.310. The van der Waals surface area contributed by atoms with Crippen LogP contribution in [-0.2, 0) is 0 Å². The molecule has 0 aliphatic heterocycles. The van der Waals surface area contributed by atoms with Gasteiger partial charge in [-0.15, -0.1) is 12.4 Å². The van der Waals surface area contributed by atoms with E-state index in [-0.39, 0.29) is 24.1 Å². The molecule has 1 aliphatic carbocycles. The Balaban J connectivity index is 0.000000980. The zero-order valence-electron chi connectivity index (χ0n) is 7.17. The highest BCUT2D eigenvalue weighted by molar-refractivity contribution is 6.36. The summed E-state index contributed by atoms with van der Waals surface area (Å²) < 4.78 is 0. The average molecular weight is 253 g/mol. The molecule has 0 radical (unpaired) electrons. The summed E-state index contributed by atoms with van der Waals surface area (Å²) in [5, 5.41) is 0.717. The lowest BCUT2D eigenvalue weighted by atomic mass is 10.1. The van der Waals surface area contributed by atoms with Gasteiger partial charge >= 0.3 is 0 Å². The van der Waals surface area contributed by atoms with Crippen molar-refractivity contribution in [3.63, 3.8) is 0 Å². The van der Waals surface area contributed by atoms with Crippen LogP contribution < -0.4 is 0 Å². The van der Waals surface area contributed by atoms with Crippen molar-refractivity contribution in [1.29, 1.82) is 0 Å². The molecule has 0 unspecified atom stereocenters. The van der Waals surface area contributed by atoms with Gasteiger partial charge in [0.25, 0.3) is 0 Å². The lowest BCUT2D eigenvalue weighted by molar-refractivity contribution is 0.0967. The number of aromatic nitrogens is 1. The molecule has 1 aromatic heterocycles. The number of rotatable bonds is 2. The normalized spacial score (nSPS) is 14.7. The molecule has 14 heavy (non-hydrogen) atoms. The second-order valence-corrected chi connectivity index (χ2v) is 3.92. The molecule has 1 heterocycles. The summed E-state index contributed by atoms with van der Waals surface area (Å²) in [5.74, 6) is 0.259. The fraction of sp³-hybridized carbons (Fsp3) is 0.333. The topological polar surface area (TPSA) is 30.0 Å². The zero-order chi connectivity index (χ0) is 9.42. The van der Waals surface area contributed by atoms with Gasteiger partial charge in [-0.1, -0.05) is 23.2 Å². The van der Waals surface area contributed by atoms with Crippen molar-refractivity contribution in [1.82, 2.24) is 4.98 Å². The van der Waals surface area contributed by atoms with Crippen molar-refractivity contribution in [2.75, 3.05) is 0 Å². The molecule has 1 aromatic rings. The second-order valence-electron chi connectivity index (χ2n) is 3.13. The van der Waals surface area contributed by atoms with Crippen LogP contribution in [0.4, 0.5) is 0 Å². The number of carbonyl (C=O) groups is 1. The number of hydrogen-bond donors (Lipinski definition) is 0. The van der Waals surface area contributed by atoms with Crippen molar-refractivity contribution in [2.24, 2.45) is 5.92 Å². The smallest absolute Gasteiger partial charge is 0.168 e. The largest absolute Gasteiger partial charge is 0.294 e. The van der Waals surface area contributed by atoms with Gasteiger partial charge in [0.1, 0.15) is 5.15 Å². The highest BCUT2D eigenvalue weighted by atomic mass is 35.5. The minimum Gasteiger partial charge on any atom is -0.294 e. The Morgan fingerprint density at radius 1 is 1.43 bits per heavy atom. The molecular weight excluding hydrogens is 244 g/mol. The van der Waals surface area contributed by atoms with Crippen molar-refractivity contribution in [2.45, 2.75) is 12.8 Å². The van der Waals surface area contributed by atoms with Gasteiger partial charge in [-0.3, -0.25) is 4.79 Å². The van der Waals surface area contributed by atoms with E-state index in [0.29, 0.717) is 15.7 Å². The molecule has 0 N–H and O–H groups in total. The van der Waals surface area contributed by atoms with Crippen LogP contribution in [0, 0.1) is 5.92 Å². The van der Waals surface area contributed by atoms with E-state index < -0.39 is 0 Å². The van der Waals surface area contributed by atoms with Crippen LogP contribution in [0.5, 0.6) is 0 Å². The first kappa shape index (κ1) is 11.8. The number of nitrogens with zero attached hydrogens (tertiary/aromatic N) is 1. The van der Waals surface area contributed by atoms with Gasteiger partial charge < -0.3 is 0 Å². The Morgan fingerprint density at radius 2 is 2.07 bits per heavy atom. The molecule has 1 saturated carbocycles. The highest BCUT2D eigenvalue weighted by Crippen LogP contribution is 2.34. The van der Waals surface area contributed by atoms with Crippen LogP contribution in [0.1, 0.15) is 23.2 Å². The van der Waals surface area contributed by atoms with Crippen LogP contribution in [0.15, 0.2) is 12.3 Å². The third-order valence-electron chi connectivity index (χ3n) is 2.03. The summed E-state index contributed by atoms with van der Waals surface area (Å²) >= 11 is 11.5. The Morgan fingerprint density at radius 3 is 2.57 bits per heavy atom. The molecule has 0 aromatic carbocycles. The van der Waals surface area contributed by atoms with E-state index in [1.807, 2.05) is 0 Å². The first-order valence-electron chi connectivity index (χ1n) is 4.04. The molecule has 2 rings (SSSR count). The predicted octanol–water partition coefficient (Wildman–Crippen LogP) is 3.40. The number of ketones is 1. The van der Waals surface area contributed by atoms with E-state index >= 15 is 0 Å². The van der Waals surface area contributed by atoms with Gasteiger partial charge in [0, 0.05) is 12.1 Å². The third kappa shape index (κ3) is 2.38. The fourth-order valence-corrected chi connectivity index (χ4v) is 1.61. The number of hydrogen-bond acceptors (Lipinski definition) is 2. The molecular formula is C9H8Cl3NO. The van der Waals surface area contributed by atoms with E-state index in [4.69, 9.17) is 23.2 Å². The van der Waals surface area contributed by atoms with Crippen molar-refractivity contribution in [3.8, 4) is 0 Å². The van der Waals surface area contributed by atoms with Crippen molar-refractivity contribution in [3.05, 3.63) is 28.0 Å². The summed E-state index contributed by atoms with van der Waals surface area (Å²) in [5.41, 5.74) is 0.494. The van der Waals surface area contributed by atoms with Crippen molar-refractivity contribution < 1.29 is 4.79 Å². The maximum absolute atomic E-state index is 11.6. The van der Waals surface area contributed by atoms with E-state index in [1.165, 1.54) is 12.3 Å². The van der Waals surface area contributed by atoms with E-state index in [9.17, 15) is 4.79 Å². The number of halogens is 3. The first-order valence-corrected chi connectivity index (χ1v) is 4.79. The molecule has 2 nitrogen and oxygen atoms in total. The molecule has 0 spiro atoms. The summed E-state index contributed by atoms with van der Waals surface area (Å²) in [4.78, 5) is 15.4. The van der Waals surface area contributed by atoms with Gasteiger partial charge in [-0.2, -0.15) is 0 Å². The average Bonchev–Trinajstić information content (AvgIpc) is 2.85. The number of Topliss-reactive ketones (excluding diaryl/α,β-unsaturated/α-hetero) is 1. The van der Waals surface area contributed by atoms with Gasteiger partial charge in [0.2, 0.25) is 0 Å². The molecule has 76 valence electrons. The lowest BCUT2D eigenvalue weighted by Crippen LogP contribution is -2.02. The monoisotopic (exact) mass is 251 g/mol. The minimum atomic E-state index is 0. The quantitative estimate of drug-likeness (QED) is 0.596. The molecule has 0 saturated heterocycles. The van der Waals surface area contributed by atoms with Crippen molar-refractivity contribution >= 4 is 41.4 Å². The predicted molar refractivity (Wildman–Crippen MR) is 58.6 cm³/mol. The minimum absolute atomic E-state index is 0. The summed E-state index contributed by atoms with van der Waals surface area (Å²) in [6, 6.07) is 1.50. The van der Waals surface area contributed by atoms with Gasteiger partial charge in [-0.25, -0.2) is 4.98 Å². The highest BCUT2D eigenvalue weighted by Gasteiger charge is 2.31. The van der Waals surface area contributed by atoms with E-state index in [0.717, 1.165) is 12.8 Å². The standard InChI is InChI=1S/C9H7Cl2NO.ClH/c10-7-3-8(11)12-4-6(7)9(13)5-1-2-5;/h3-5H,1-2H2;1H. The van der Waals surface area contributed by atoms with Crippen LogP contribution >= 0.6 is 35.6 Å². The lowest BCUT2D eigenvalue weighted by Gasteiger charge is -2.00. The van der Waals surface area contributed by atoms with Crippen LogP contribution in [-0.4, -0.2) is 10.8 Å². The molecule has 1 aliphatic rings. The van der Waals surface area contributed by atoms with Crippen LogP contribution in [0.25, 0.3) is 0 Å². The van der Waals surface area contributed by atoms with Gasteiger partial charge in [0.15, 0.2) is 5.78 Å². The molecule has 0 atom stereocenters. The van der Waals surface area contributed by atoms with Crippen LogP contribution in [0.2, 0.25) is 10.2 Å².